The molecule has 1 amide bonds. The van der Waals surface area contributed by atoms with Crippen molar-refractivity contribution in [3.8, 4) is 11.5 Å². The van der Waals surface area contributed by atoms with Gasteiger partial charge in [-0.05, 0) is 54.1 Å². The predicted molar refractivity (Wildman–Crippen MR) is 124 cm³/mol. The number of hydrogen-bond donors (Lipinski definition) is 2. The summed E-state index contributed by atoms with van der Waals surface area (Å²) in [7, 11) is -2.24. The Morgan fingerprint density at radius 1 is 0.939 bits per heavy atom. The number of rotatable bonds is 7. The van der Waals surface area contributed by atoms with Crippen LogP contribution in [0.4, 0.5) is 11.4 Å². The van der Waals surface area contributed by atoms with Crippen LogP contribution in [0.5, 0.6) is 11.5 Å². The predicted octanol–water partition coefficient (Wildman–Crippen LogP) is 4.05. The van der Waals surface area contributed by atoms with E-state index < -0.39 is 10.0 Å². The molecule has 3 aromatic carbocycles. The first-order valence-electron chi connectivity index (χ1n) is 10.4. The Labute approximate surface area is 192 Å². The van der Waals surface area contributed by atoms with Gasteiger partial charge in [0, 0.05) is 36.5 Å². The Hall–Kier alpha value is -3.56. The number of carbonyl (C=O) groups excluding carboxylic acids is 1. The summed E-state index contributed by atoms with van der Waals surface area (Å²) in [5, 5.41) is 2.80. The first-order valence-corrected chi connectivity index (χ1v) is 11.8. The number of ether oxygens (including phenoxy) is 3. The van der Waals surface area contributed by atoms with Crippen molar-refractivity contribution in [1.29, 1.82) is 0 Å². The zero-order valence-corrected chi connectivity index (χ0v) is 18.9. The van der Waals surface area contributed by atoms with Gasteiger partial charge in [0.2, 0.25) is 0 Å². The highest BCUT2D eigenvalue weighted by Gasteiger charge is 2.19. The summed E-state index contributed by atoms with van der Waals surface area (Å²) in [5.41, 5.74) is 2.30. The molecule has 8 nitrogen and oxygen atoms in total. The monoisotopic (exact) mass is 468 g/mol. The van der Waals surface area contributed by atoms with E-state index in [0.29, 0.717) is 48.3 Å². The molecule has 0 saturated heterocycles. The normalized spacial score (nSPS) is 13.1. The molecular formula is C24H24N2O6S. The van der Waals surface area contributed by atoms with E-state index in [2.05, 4.69) is 10.0 Å². The van der Waals surface area contributed by atoms with Crippen molar-refractivity contribution in [2.24, 2.45) is 0 Å². The topological polar surface area (TPSA) is 103 Å². The minimum Gasteiger partial charge on any atom is -0.490 e. The zero-order chi connectivity index (χ0) is 23.3. The lowest BCUT2D eigenvalue weighted by Crippen LogP contribution is -2.14. The third-order valence-electron chi connectivity index (χ3n) is 4.92. The highest BCUT2D eigenvalue weighted by atomic mass is 32.2. The van der Waals surface area contributed by atoms with Crippen LogP contribution in [0.1, 0.15) is 22.3 Å². The molecule has 9 heteroatoms. The standard InChI is InChI=1S/C24H24N2O6S/c1-30-16-17-4-2-5-18(14-17)24(27)25-19-6-8-20(9-7-19)26-33(28,29)21-10-11-22-23(15-21)32-13-3-12-31-22/h2,4-11,14-15,26H,3,12-13,16H2,1H3,(H,25,27). The zero-order valence-electron chi connectivity index (χ0n) is 18.0. The second-order valence-electron chi connectivity index (χ2n) is 7.43. The number of hydrogen-bond acceptors (Lipinski definition) is 6. The Kier molecular flexibility index (Phi) is 6.81. The van der Waals surface area contributed by atoms with Gasteiger partial charge in [0.15, 0.2) is 11.5 Å². The van der Waals surface area contributed by atoms with Crippen LogP contribution in [0.3, 0.4) is 0 Å². The maximum atomic E-state index is 12.8. The summed E-state index contributed by atoms with van der Waals surface area (Å²) in [6.45, 7) is 1.41. The van der Waals surface area contributed by atoms with Crippen molar-refractivity contribution in [1.82, 2.24) is 0 Å². The smallest absolute Gasteiger partial charge is 0.262 e. The van der Waals surface area contributed by atoms with Crippen LogP contribution >= 0.6 is 0 Å². The Morgan fingerprint density at radius 2 is 1.67 bits per heavy atom. The minimum atomic E-state index is -3.83. The molecule has 0 bridgehead atoms. The SMILES string of the molecule is COCc1cccc(C(=O)Nc2ccc(NS(=O)(=O)c3ccc4c(c3)OCCCO4)cc2)c1. The van der Waals surface area contributed by atoms with E-state index in [1.54, 1.807) is 55.6 Å². The summed E-state index contributed by atoms with van der Waals surface area (Å²) in [5.74, 6) is 0.663. The quantitative estimate of drug-likeness (QED) is 0.542. The lowest BCUT2D eigenvalue weighted by atomic mass is 10.1. The third-order valence-corrected chi connectivity index (χ3v) is 6.30. The van der Waals surface area contributed by atoms with Gasteiger partial charge in [-0.2, -0.15) is 0 Å². The van der Waals surface area contributed by atoms with Gasteiger partial charge in [0.05, 0.1) is 24.7 Å². The van der Waals surface area contributed by atoms with Gasteiger partial charge in [0.25, 0.3) is 15.9 Å². The molecule has 0 aromatic heterocycles. The van der Waals surface area contributed by atoms with E-state index in [-0.39, 0.29) is 10.8 Å². The molecule has 1 heterocycles. The van der Waals surface area contributed by atoms with Gasteiger partial charge in [-0.25, -0.2) is 8.42 Å². The second-order valence-corrected chi connectivity index (χ2v) is 9.11. The fraction of sp³-hybridized carbons (Fsp3) is 0.208. The van der Waals surface area contributed by atoms with Gasteiger partial charge in [-0.1, -0.05) is 12.1 Å². The fourth-order valence-electron chi connectivity index (χ4n) is 3.32. The Balaban J connectivity index is 1.43. The van der Waals surface area contributed by atoms with Crippen LogP contribution in [-0.4, -0.2) is 34.6 Å². The molecule has 0 fully saturated rings. The molecule has 0 saturated carbocycles. The first-order chi connectivity index (χ1) is 15.9. The van der Waals surface area contributed by atoms with Crippen LogP contribution in [0.15, 0.2) is 71.6 Å². The molecule has 0 radical (unpaired) electrons. The molecule has 1 aliphatic rings. The Bertz CT molecular complexity index is 1240. The van der Waals surface area contributed by atoms with Crippen LogP contribution in [0, 0.1) is 0 Å². The summed E-state index contributed by atoms with van der Waals surface area (Å²) in [4.78, 5) is 12.6. The average molecular weight is 469 g/mol. The van der Waals surface area contributed by atoms with Gasteiger partial charge >= 0.3 is 0 Å². The van der Waals surface area contributed by atoms with Gasteiger partial charge in [-0.3, -0.25) is 9.52 Å². The van der Waals surface area contributed by atoms with Gasteiger partial charge in [-0.15, -0.1) is 0 Å². The molecule has 2 N–H and O–H groups in total. The van der Waals surface area contributed by atoms with Crippen LogP contribution < -0.4 is 19.5 Å². The van der Waals surface area contributed by atoms with Gasteiger partial charge < -0.3 is 19.5 Å². The van der Waals surface area contributed by atoms with Crippen LogP contribution in [0.2, 0.25) is 0 Å². The first kappa shape index (κ1) is 22.6. The fourth-order valence-corrected chi connectivity index (χ4v) is 4.39. The second kappa shape index (κ2) is 9.93. The van der Waals surface area contributed by atoms with E-state index in [1.165, 1.54) is 12.1 Å². The van der Waals surface area contributed by atoms with Crippen molar-refractivity contribution in [3.63, 3.8) is 0 Å². The van der Waals surface area contributed by atoms with Crippen LogP contribution in [-0.2, 0) is 21.4 Å². The summed E-state index contributed by atoms with van der Waals surface area (Å²) >= 11 is 0. The van der Waals surface area contributed by atoms with Crippen molar-refractivity contribution < 1.29 is 27.4 Å². The number of fused-ring (bicyclic) bond motifs is 1. The van der Waals surface area contributed by atoms with E-state index in [0.717, 1.165) is 12.0 Å². The molecule has 3 aromatic rings. The molecule has 33 heavy (non-hydrogen) atoms. The molecular weight excluding hydrogens is 444 g/mol. The van der Waals surface area contributed by atoms with E-state index in [9.17, 15) is 13.2 Å². The molecule has 0 spiro atoms. The van der Waals surface area contributed by atoms with E-state index in [1.807, 2.05) is 6.07 Å². The van der Waals surface area contributed by atoms with Crippen LogP contribution in [0.25, 0.3) is 0 Å². The number of nitrogens with one attached hydrogen (secondary N) is 2. The molecule has 1 aliphatic heterocycles. The van der Waals surface area contributed by atoms with Gasteiger partial charge in [0.1, 0.15) is 0 Å². The maximum absolute atomic E-state index is 12.8. The minimum absolute atomic E-state index is 0.0695. The summed E-state index contributed by atoms with van der Waals surface area (Å²) in [6.07, 6.45) is 0.733. The summed E-state index contributed by atoms with van der Waals surface area (Å²) in [6, 6.07) is 18.1. The molecule has 0 aliphatic carbocycles. The number of benzene rings is 3. The van der Waals surface area contributed by atoms with E-state index >= 15 is 0 Å². The van der Waals surface area contributed by atoms with Crippen molar-refractivity contribution in [2.75, 3.05) is 30.4 Å². The largest absolute Gasteiger partial charge is 0.490 e. The number of anilines is 2. The highest BCUT2D eigenvalue weighted by molar-refractivity contribution is 7.92. The lowest BCUT2D eigenvalue weighted by molar-refractivity contribution is 0.102. The molecule has 0 unspecified atom stereocenters. The molecule has 4 rings (SSSR count). The molecule has 0 atom stereocenters. The lowest BCUT2D eigenvalue weighted by Gasteiger charge is -2.12. The maximum Gasteiger partial charge on any atom is 0.262 e. The number of amides is 1. The highest BCUT2D eigenvalue weighted by Crippen LogP contribution is 2.32. The van der Waals surface area contributed by atoms with Crippen molar-refractivity contribution in [2.45, 2.75) is 17.9 Å². The number of methoxy groups -OCH3 is 1. The van der Waals surface area contributed by atoms with E-state index in [4.69, 9.17) is 14.2 Å². The number of sulfonamides is 1. The van der Waals surface area contributed by atoms with Crippen molar-refractivity contribution >= 4 is 27.3 Å². The number of carbonyl (C=O) groups is 1. The van der Waals surface area contributed by atoms with Crippen molar-refractivity contribution in [3.05, 3.63) is 77.9 Å². The average Bonchev–Trinajstić information content (AvgIpc) is 3.05. The molecule has 172 valence electrons. The summed E-state index contributed by atoms with van der Waals surface area (Å²) < 4.78 is 44.4. The Morgan fingerprint density at radius 3 is 2.42 bits per heavy atom. The third kappa shape index (κ3) is 5.63.